The lowest BCUT2D eigenvalue weighted by Crippen LogP contribution is -2.28. The van der Waals surface area contributed by atoms with Gasteiger partial charge in [0.25, 0.3) is 0 Å². The van der Waals surface area contributed by atoms with Crippen molar-refractivity contribution in [1.82, 2.24) is 0 Å². The summed E-state index contributed by atoms with van der Waals surface area (Å²) in [5.74, 6) is 1.83. The molecule has 2 aromatic carbocycles. The van der Waals surface area contributed by atoms with Crippen LogP contribution in [0.2, 0.25) is 0 Å². The molecule has 0 bridgehead atoms. The average molecular weight is 410 g/mol. The van der Waals surface area contributed by atoms with E-state index in [-0.39, 0.29) is 30.0 Å². The number of amidine groups is 1. The van der Waals surface area contributed by atoms with Crippen LogP contribution in [-0.4, -0.2) is 18.0 Å². The molecule has 1 unspecified atom stereocenters. The van der Waals surface area contributed by atoms with Crippen molar-refractivity contribution in [3.8, 4) is 11.5 Å². The summed E-state index contributed by atoms with van der Waals surface area (Å²) in [6.07, 6.45) is 2.07. The Morgan fingerprint density at radius 2 is 1.81 bits per heavy atom. The van der Waals surface area contributed by atoms with Crippen molar-refractivity contribution in [2.75, 3.05) is 17.7 Å². The molecule has 4 rings (SSSR count). The third kappa shape index (κ3) is 2.32. The molecule has 3 nitrogen and oxygen atoms in total. The fraction of sp³-hybridized carbons (Fsp3) is 0.188. The Labute approximate surface area is 145 Å². The van der Waals surface area contributed by atoms with Gasteiger partial charge in [0.05, 0.1) is 18.3 Å². The maximum Gasteiger partial charge on any atom is 0.164 e. The monoisotopic (exact) mass is 410 g/mol. The number of para-hydroxylation sites is 3. The molecule has 0 aliphatic carbocycles. The minimum absolute atomic E-state index is 0. The molecule has 2 aromatic rings. The van der Waals surface area contributed by atoms with Crippen molar-refractivity contribution in [2.24, 2.45) is 4.99 Å². The Hall–Kier alpha value is -1.21. The second-order valence-electron chi connectivity index (χ2n) is 4.82. The lowest BCUT2D eigenvalue weighted by atomic mass is 10.1. The first-order chi connectivity index (χ1) is 9.88. The molecule has 2 heterocycles. The average Bonchev–Trinajstić information content (AvgIpc) is 2.86. The van der Waals surface area contributed by atoms with Gasteiger partial charge in [-0.2, -0.15) is 0 Å². The van der Waals surface area contributed by atoms with E-state index in [1.165, 1.54) is 5.56 Å². The van der Waals surface area contributed by atoms with Crippen LogP contribution in [0.5, 0.6) is 11.5 Å². The van der Waals surface area contributed by atoms with Crippen LogP contribution >= 0.6 is 35.7 Å². The van der Waals surface area contributed by atoms with Gasteiger partial charge >= 0.3 is 0 Å². The van der Waals surface area contributed by atoms with Crippen LogP contribution in [0.1, 0.15) is 11.6 Å². The summed E-state index contributed by atoms with van der Waals surface area (Å²) < 4.78 is 6.13. The van der Waals surface area contributed by atoms with Crippen molar-refractivity contribution in [2.45, 2.75) is 6.04 Å². The van der Waals surface area contributed by atoms with Crippen LogP contribution < -0.4 is 9.64 Å². The van der Waals surface area contributed by atoms with E-state index in [2.05, 4.69) is 34.3 Å². The van der Waals surface area contributed by atoms with Gasteiger partial charge in [-0.15, -0.1) is 24.0 Å². The highest BCUT2D eigenvalue weighted by molar-refractivity contribution is 14.0. The fourth-order valence-electron chi connectivity index (χ4n) is 2.84. The second-order valence-corrected chi connectivity index (χ2v) is 5.59. The standard InChI is InChI=1S/C16H14N2OS.HI/c1-20-16-17-10-13-11-6-2-4-8-14(11)19-15-9-5-3-7-12(15)18(13)16;/h2-9,13H,10H2,1H3;1H. The number of halogens is 1. The minimum atomic E-state index is 0. The number of ether oxygens (including phenoxy) is 1. The molecule has 0 aromatic heterocycles. The molecule has 0 amide bonds. The zero-order valence-electron chi connectivity index (χ0n) is 11.5. The number of anilines is 1. The van der Waals surface area contributed by atoms with Crippen LogP contribution in [0.15, 0.2) is 53.5 Å². The smallest absolute Gasteiger partial charge is 0.164 e. The summed E-state index contributed by atoms with van der Waals surface area (Å²) in [5, 5.41) is 1.06. The number of aliphatic imine (C=N–C) groups is 1. The number of fused-ring (bicyclic) bond motifs is 5. The van der Waals surface area contributed by atoms with Gasteiger partial charge in [0.1, 0.15) is 5.75 Å². The molecule has 0 fully saturated rings. The zero-order valence-corrected chi connectivity index (χ0v) is 14.7. The minimum Gasteiger partial charge on any atom is -0.455 e. The quantitative estimate of drug-likeness (QED) is 0.590. The largest absolute Gasteiger partial charge is 0.455 e. The van der Waals surface area contributed by atoms with Crippen molar-refractivity contribution >= 4 is 46.6 Å². The van der Waals surface area contributed by atoms with Crippen molar-refractivity contribution in [3.05, 3.63) is 54.1 Å². The van der Waals surface area contributed by atoms with Gasteiger partial charge in [-0.3, -0.25) is 4.99 Å². The topological polar surface area (TPSA) is 24.8 Å². The summed E-state index contributed by atoms with van der Waals surface area (Å²) in [7, 11) is 0. The number of rotatable bonds is 0. The Bertz CT molecular complexity index is 704. The molecule has 2 aliphatic heterocycles. The number of hydrogen-bond acceptors (Lipinski definition) is 4. The molecule has 21 heavy (non-hydrogen) atoms. The second kappa shape index (κ2) is 5.88. The highest BCUT2D eigenvalue weighted by Gasteiger charge is 2.35. The van der Waals surface area contributed by atoms with E-state index >= 15 is 0 Å². The summed E-state index contributed by atoms with van der Waals surface area (Å²) in [4.78, 5) is 6.99. The predicted molar refractivity (Wildman–Crippen MR) is 99.4 cm³/mol. The van der Waals surface area contributed by atoms with Crippen LogP contribution in [0.3, 0.4) is 0 Å². The van der Waals surface area contributed by atoms with E-state index in [0.717, 1.165) is 28.9 Å². The SMILES string of the molecule is CSC1=NCC2c3ccccc3Oc3ccccc3N12.I. The number of nitrogens with zero attached hydrogens (tertiary/aromatic N) is 2. The van der Waals surface area contributed by atoms with E-state index in [1.54, 1.807) is 11.8 Å². The summed E-state index contributed by atoms with van der Waals surface area (Å²) in [5.41, 5.74) is 2.30. The number of thioether (sulfide) groups is 1. The summed E-state index contributed by atoms with van der Waals surface area (Å²) in [6, 6.07) is 16.7. The van der Waals surface area contributed by atoms with Crippen LogP contribution in [-0.2, 0) is 0 Å². The van der Waals surface area contributed by atoms with E-state index in [0.29, 0.717) is 0 Å². The first kappa shape index (κ1) is 14.7. The predicted octanol–water partition coefficient (Wildman–Crippen LogP) is 4.69. The normalized spacial score (nSPS) is 18.4. The third-order valence-electron chi connectivity index (χ3n) is 3.72. The molecular weight excluding hydrogens is 395 g/mol. The van der Waals surface area contributed by atoms with Crippen molar-refractivity contribution in [1.29, 1.82) is 0 Å². The Morgan fingerprint density at radius 1 is 1.10 bits per heavy atom. The Morgan fingerprint density at radius 3 is 2.62 bits per heavy atom. The zero-order chi connectivity index (χ0) is 13.5. The lowest BCUT2D eigenvalue weighted by molar-refractivity contribution is 0.482. The molecular formula is C16H15IN2OS. The number of benzene rings is 2. The molecule has 0 N–H and O–H groups in total. The summed E-state index contributed by atoms with van der Waals surface area (Å²) in [6.45, 7) is 0.783. The van der Waals surface area contributed by atoms with E-state index < -0.39 is 0 Å². The Balaban J connectivity index is 0.00000132. The van der Waals surface area contributed by atoms with E-state index in [1.807, 2.05) is 30.3 Å². The third-order valence-corrected chi connectivity index (χ3v) is 4.41. The van der Waals surface area contributed by atoms with E-state index in [4.69, 9.17) is 4.74 Å². The van der Waals surface area contributed by atoms with Gasteiger partial charge in [-0.05, 0) is 24.5 Å². The van der Waals surface area contributed by atoms with Crippen LogP contribution in [0.4, 0.5) is 5.69 Å². The molecule has 0 spiro atoms. The maximum atomic E-state index is 6.13. The molecule has 5 heteroatoms. The maximum absolute atomic E-state index is 6.13. The number of hydrogen-bond donors (Lipinski definition) is 0. The van der Waals surface area contributed by atoms with Gasteiger partial charge in [-0.1, -0.05) is 42.1 Å². The van der Waals surface area contributed by atoms with Gasteiger partial charge in [0, 0.05) is 5.56 Å². The van der Waals surface area contributed by atoms with Crippen molar-refractivity contribution < 1.29 is 4.74 Å². The van der Waals surface area contributed by atoms with Gasteiger partial charge in [-0.25, -0.2) is 0 Å². The molecule has 1 atom stereocenters. The van der Waals surface area contributed by atoms with Gasteiger partial charge < -0.3 is 9.64 Å². The molecule has 0 radical (unpaired) electrons. The first-order valence-electron chi connectivity index (χ1n) is 6.62. The lowest BCUT2D eigenvalue weighted by Gasteiger charge is -2.25. The highest BCUT2D eigenvalue weighted by Crippen LogP contribution is 2.46. The van der Waals surface area contributed by atoms with Crippen molar-refractivity contribution in [3.63, 3.8) is 0 Å². The molecule has 0 saturated heterocycles. The van der Waals surface area contributed by atoms with Crippen LogP contribution in [0, 0.1) is 0 Å². The Kier molecular flexibility index (Phi) is 4.12. The van der Waals surface area contributed by atoms with Gasteiger partial charge in [0.2, 0.25) is 0 Å². The molecule has 0 saturated carbocycles. The van der Waals surface area contributed by atoms with Gasteiger partial charge in [0.15, 0.2) is 10.9 Å². The van der Waals surface area contributed by atoms with Crippen LogP contribution in [0.25, 0.3) is 0 Å². The first-order valence-corrected chi connectivity index (χ1v) is 7.84. The fourth-order valence-corrected chi connectivity index (χ4v) is 3.46. The molecule has 2 aliphatic rings. The molecule has 108 valence electrons. The van der Waals surface area contributed by atoms with E-state index in [9.17, 15) is 0 Å². The highest BCUT2D eigenvalue weighted by atomic mass is 127. The summed E-state index contributed by atoms with van der Waals surface area (Å²) >= 11 is 1.69.